The number of ether oxygens (including phenoxy) is 1. The van der Waals surface area contributed by atoms with Gasteiger partial charge in [-0.25, -0.2) is 0 Å². The Kier molecular flexibility index (Phi) is 6.59. The third-order valence-corrected chi connectivity index (χ3v) is 4.14. The number of carbonyl (C=O) groups excluding carboxylic acids is 1. The van der Waals surface area contributed by atoms with Crippen LogP contribution in [0.5, 0.6) is 5.75 Å². The summed E-state index contributed by atoms with van der Waals surface area (Å²) in [6.07, 6.45) is 0. The number of carbonyl (C=O) groups is 1. The van der Waals surface area contributed by atoms with E-state index >= 15 is 0 Å². The van der Waals surface area contributed by atoms with Gasteiger partial charge in [-0.15, -0.1) is 0 Å². The smallest absolute Gasteiger partial charge is 0.264 e. The lowest BCUT2D eigenvalue weighted by Crippen LogP contribution is -2.37. The fraction of sp³-hybridized carbons (Fsp3) is 0.0667. The van der Waals surface area contributed by atoms with Crippen LogP contribution in [-0.4, -0.2) is 17.6 Å². The van der Waals surface area contributed by atoms with E-state index in [1.54, 1.807) is 12.1 Å². The molecule has 0 heterocycles. The molecule has 0 saturated heterocycles. The van der Waals surface area contributed by atoms with Gasteiger partial charge in [-0.2, -0.15) is 0 Å². The van der Waals surface area contributed by atoms with E-state index in [0.717, 1.165) is 13.7 Å². The van der Waals surface area contributed by atoms with Gasteiger partial charge in [-0.1, -0.05) is 34.1 Å². The number of rotatable bonds is 4. The van der Waals surface area contributed by atoms with E-state index in [4.69, 9.17) is 17.0 Å². The van der Waals surface area contributed by atoms with Crippen LogP contribution in [0.3, 0.4) is 0 Å². The molecule has 2 aromatic carbocycles. The molecular formula is C15H12BrIN2O2S. The van der Waals surface area contributed by atoms with Crippen molar-refractivity contribution >= 4 is 67.4 Å². The SMILES string of the molecule is O=C(COc1ccccc1)NC(=S)Nc1ccc(Br)cc1I. The summed E-state index contributed by atoms with van der Waals surface area (Å²) in [7, 11) is 0. The number of hydrogen-bond acceptors (Lipinski definition) is 3. The quantitative estimate of drug-likeness (QED) is 0.503. The van der Waals surface area contributed by atoms with Crippen molar-refractivity contribution in [2.24, 2.45) is 0 Å². The average Bonchev–Trinajstić information content (AvgIpc) is 2.49. The lowest BCUT2D eigenvalue weighted by atomic mass is 10.3. The number of anilines is 1. The molecule has 0 aromatic heterocycles. The summed E-state index contributed by atoms with van der Waals surface area (Å²) in [5.41, 5.74) is 0.832. The zero-order valence-electron chi connectivity index (χ0n) is 11.3. The van der Waals surface area contributed by atoms with E-state index in [-0.39, 0.29) is 17.6 Å². The van der Waals surface area contributed by atoms with Crippen LogP contribution in [0.2, 0.25) is 0 Å². The second-order valence-electron chi connectivity index (χ2n) is 4.23. The lowest BCUT2D eigenvalue weighted by molar-refractivity contribution is -0.121. The highest BCUT2D eigenvalue weighted by Gasteiger charge is 2.07. The van der Waals surface area contributed by atoms with Gasteiger partial charge >= 0.3 is 0 Å². The first-order valence-corrected chi connectivity index (χ1v) is 8.56. The minimum absolute atomic E-state index is 0.0940. The Morgan fingerprint density at radius 1 is 1.23 bits per heavy atom. The molecule has 22 heavy (non-hydrogen) atoms. The second kappa shape index (κ2) is 8.44. The molecule has 114 valence electrons. The van der Waals surface area contributed by atoms with Gasteiger partial charge in [0.15, 0.2) is 11.7 Å². The normalized spacial score (nSPS) is 9.91. The fourth-order valence-electron chi connectivity index (χ4n) is 1.57. The Labute approximate surface area is 155 Å². The van der Waals surface area contributed by atoms with Crippen molar-refractivity contribution in [2.45, 2.75) is 0 Å². The molecule has 0 saturated carbocycles. The van der Waals surface area contributed by atoms with Gasteiger partial charge in [0.05, 0.1) is 5.69 Å². The van der Waals surface area contributed by atoms with E-state index < -0.39 is 0 Å². The van der Waals surface area contributed by atoms with Crippen molar-refractivity contribution in [1.82, 2.24) is 5.32 Å². The number of amides is 1. The Morgan fingerprint density at radius 2 is 1.95 bits per heavy atom. The summed E-state index contributed by atoms with van der Waals surface area (Å²) >= 11 is 10.7. The van der Waals surface area contributed by atoms with Crippen LogP contribution in [0.15, 0.2) is 53.0 Å². The average molecular weight is 491 g/mol. The molecule has 0 aliphatic carbocycles. The van der Waals surface area contributed by atoms with E-state index in [2.05, 4.69) is 49.2 Å². The zero-order chi connectivity index (χ0) is 15.9. The Bertz CT molecular complexity index is 682. The van der Waals surface area contributed by atoms with Crippen molar-refractivity contribution in [2.75, 3.05) is 11.9 Å². The van der Waals surface area contributed by atoms with Crippen LogP contribution < -0.4 is 15.4 Å². The maximum atomic E-state index is 11.8. The summed E-state index contributed by atoms with van der Waals surface area (Å²) in [6, 6.07) is 14.9. The first-order valence-electron chi connectivity index (χ1n) is 6.28. The van der Waals surface area contributed by atoms with Crippen LogP contribution in [0.4, 0.5) is 5.69 Å². The van der Waals surface area contributed by atoms with Crippen molar-refractivity contribution in [3.8, 4) is 5.75 Å². The number of thiocarbonyl (C=S) groups is 1. The highest BCUT2D eigenvalue weighted by Crippen LogP contribution is 2.22. The van der Waals surface area contributed by atoms with Gasteiger partial charge < -0.3 is 10.1 Å². The van der Waals surface area contributed by atoms with Crippen molar-refractivity contribution in [1.29, 1.82) is 0 Å². The standard InChI is InChI=1S/C15H12BrIN2O2S/c16-10-6-7-13(12(17)8-10)18-15(22)19-14(20)9-21-11-4-2-1-3-5-11/h1-8H,9H2,(H2,18,19,20,22). The number of hydrogen-bond donors (Lipinski definition) is 2. The Balaban J connectivity index is 1.82. The first kappa shape index (κ1) is 17.2. The molecule has 2 N–H and O–H groups in total. The summed E-state index contributed by atoms with van der Waals surface area (Å²) < 4.78 is 7.32. The predicted octanol–water partition coefficient (Wildman–Crippen LogP) is 3.95. The number of benzene rings is 2. The molecule has 4 nitrogen and oxygen atoms in total. The van der Waals surface area contributed by atoms with Crippen molar-refractivity contribution in [3.05, 3.63) is 56.6 Å². The number of nitrogens with one attached hydrogen (secondary N) is 2. The van der Waals surface area contributed by atoms with E-state index in [1.807, 2.05) is 36.4 Å². The molecule has 0 radical (unpaired) electrons. The fourth-order valence-corrected chi connectivity index (χ4v) is 3.24. The molecule has 0 aliphatic heterocycles. The maximum absolute atomic E-state index is 11.8. The molecule has 0 spiro atoms. The van der Waals surface area contributed by atoms with Crippen LogP contribution in [0, 0.1) is 3.57 Å². The lowest BCUT2D eigenvalue weighted by Gasteiger charge is -2.11. The van der Waals surface area contributed by atoms with Crippen LogP contribution in [-0.2, 0) is 4.79 Å². The molecule has 7 heteroatoms. The van der Waals surface area contributed by atoms with Gasteiger partial charge in [0, 0.05) is 8.04 Å². The summed E-state index contributed by atoms with van der Waals surface area (Å²) in [4.78, 5) is 11.8. The summed E-state index contributed by atoms with van der Waals surface area (Å²) in [5, 5.41) is 5.80. The molecule has 2 rings (SSSR count). The molecule has 0 unspecified atom stereocenters. The Morgan fingerprint density at radius 3 is 2.64 bits per heavy atom. The van der Waals surface area contributed by atoms with Gasteiger partial charge in [-0.3, -0.25) is 10.1 Å². The van der Waals surface area contributed by atoms with Gasteiger partial charge in [0.25, 0.3) is 5.91 Å². The van der Waals surface area contributed by atoms with Gasteiger partial charge in [0.2, 0.25) is 0 Å². The predicted molar refractivity (Wildman–Crippen MR) is 103 cm³/mol. The number of para-hydroxylation sites is 1. The summed E-state index contributed by atoms with van der Waals surface area (Å²) in [5.74, 6) is 0.326. The minimum Gasteiger partial charge on any atom is -0.484 e. The Hall–Kier alpha value is -1.19. The largest absolute Gasteiger partial charge is 0.484 e. The highest BCUT2D eigenvalue weighted by molar-refractivity contribution is 14.1. The first-order chi connectivity index (χ1) is 10.5. The molecule has 2 aromatic rings. The maximum Gasteiger partial charge on any atom is 0.264 e. The van der Waals surface area contributed by atoms with E-state index in [1.165, 1.54) is 0 Å². The molecule has 0 bridgehead atoms. The molecule has 0 atom stereocenters. The van der Waals surface area contributed by atoms with Gasteiger partial charge in [0.1, 0.15) is 5.75 Å². The third kappa shape index (κ3) is 5.54. The number of halogens is 2. The van der Waals surface area contributed by atoms with Crippen LogP contribution in [0.25, 0.3) is 0 Å². The topological polar surface area (TPSA) is 50.4 Å². The third-order valence-electron chi connectivity index (χ3n) is 2.55. The monoisotopic (exact) mass is 490 g/mol. The molecular weight excluding hydrogens is 479 g/mol. The highest BCUT2D eigenvalue weighted by atomic mass is 127. The summed E-state index contributed by atoms with van der Waals surface area (Å²) in [6.45, 7) is -0.0940. The van der Waals surface area contributed by atoms with E-state index in [0.29, 0.717) is 5.75 Å². The minimum atomic E-state index is -0.312. The molecule has 0 fully saturated rings. The molecule has 1 amide bonds. The van der Waals surface area contributed by atoms with Crippen molar-refractivity contribution < 1.29 is 9.53 Å². The second-order valence-corrected chi connectivity index (χ2v) is 6.71. The van der Waals surface area contributed by atoms with Crippen LogP contribution >= 0.6 is 50.7 Å². The van der Waals surface area contributed by atoms with Crippen LogP contribution in [0.1, 0.15) is 0 Å². The molecule has 0 aliphatic rings. The van der Waals surface area contributed by atoms with Gasteiger partial charge in [-0.05, 0) is 65.1 Å². The van der Waals surface area contributed by atoms with E-state index in [9.17, 15) is 4.79 Å². The van der Waals surface area contributed by atoms with Crippen molar-refractivity contribution in [3.63, 3.8) is 0 Å². The zero-order valence-corrected chi connectivity index (χ0v) is 15.9.